The van der Waals surface area contributed by atoms with Crippen LogP contribution >= 0.6 is 11.8 Å². The molecular weight excluding hydrogens is 481 g/mol. The van der Waals surface area contributed by atoms with Crippen LogP contribution in [0.25, 0.3) is 0 Å². The van der Waals surface area contributed by atoms with Crippen molar-refractivity contribution in [2.45, 2.75) is 63.7 Å². The fraction of sp³-hybridized carbons (Fsp3) is 0.480. The molecule has 2 aliphatic carbocycles. The predicted octanol–water partition coefficient (Wildman–Crippen LogP) is 4.95. The summed E-state index contributed by atoms with van der Waals surface area (Å²) in [6, 6.07) is 3.06. The first-order chi connectivity index (χ1) is 16.3. The Balaban J connectivity index is 1.61. The van der Waals surface area contributed by atoms with E-state index in [9.17, 15) is 27.9 Å². The van der Waals surface area contributed by atoms with Gasteiger partial charge in [-0.2, -0.15) is 13.2 Å². The van der Waals surface area contributed by atoms with Crippen molar-refractivity contribution < 1.29 is 32.6 Å². The van der Waals surface area contributed by atoms with Gasteiger partial charge in [-0.05, 0) is 42.0 Å². The lowest BCUT2D eigenvalue weighted by Crippen LogP contribution is -2.49. The highest BCUT2D eigenvalue weighted by molar-refractivity contribution is 8.15. The first kappa shape index (κ1) is 25.3. The first-order valence-electron chi connectivity index (χ1n) is 11.3. The minimum atomic E-state index is -4.43. The Morgan fingerprint density at radius 1 is 1.20 bits per heavy atom. The Kier molecular flexibility index (Phi) is 6.78. The van der Waals surface area contributed by atoms with Gasteiger partial charge in [-0.3, -0.25) is 9.79 Å². The number of nitrogens with zero attached hydrogens (tertiary/aromatic N) is 1. The van der Waals surface area contributed by atoms with E-state index in [0.717, 1.165) is 30.0 Å². The van der Waals surface area contributed by atoms with Gasteiger partial charge in [0.1, 0.15) is 24.4 Å². The van der Waals surface area contributed by atoms with Gasteiger partial charge in [0, 0.05) is 5.92 Å². The highest BCUT2D eigenvalue weighted by Gasteiger charge is 2.43. The van der Waals surface area contributed by atoms with Gasteiger partial charge in [0.2, 0.25) is 0 Å². The van der Waals surface area contributed by atoms with Crippen LogP contribution in [0.3, 0.4) is 0 Å². The van der Waals surface area contributed by atoms with E-state index in [2.05, 4.69) is 5.32 Å². The van der Waals surface area contributed by atoms with Gasteiger partial charge in [0.25, 0.3) is 5.91 Å². The third kappa shape index (κ3) is 5.74. The summed E-state index contributed by atoms with van der Waals surface area (Å²) in [5, 5.41) is 13.2. The zero-order chi connectivity index (χ0) is 25.5. The molecule has 10 heteroatoms. The van der Waals surface area contributed by atoms with Crippen LogP contribution in [0.2, 0.25) is 0 Å². The average Bonchev–Trinajstić information content (AvgIpc) is 3.52. The van der Waals surface area contributed by atoms with Crippen LogP contribution in [0.4, 0.5) is 13.2 Å². The third-order valence-electron chi connectivity index (χ3n) is 6.06. The molecule has 1 fully saturated rings. The number of hydrogen-bond donors (Lipinski definition) is 2. The Morgan fingerprint density at radius 3 is 2.40 bits per heavy atom. The molecule has 2 N–H and O–H groups in total. The number of carboxylic acids is 1. The third-order valence-corrected chi connectivity index (χ3v) is 7.42. The number of hydrogen-bond acceptors (Lipinski definition) is 5. The number of halogens is 3. The summed E-state index contributed by atoms with van der Waals surface area (Å²) in [4.78, 5) is 29.8. The van der Waals surface area contributed by atoms with Crippen molar-refractivity contribution in [2.75, 3.05) is 0 Å². The molecule has 0 radical (unpaired) electrons. The fourth-order valence-corrected chi connectivity index (χ4v) is 5.27. The van der Waals surface area contributed by atoms with E-state index in [4.69, 9.17) is 9.73 Å². The molecule has 1 aromatic rings. The topological polar surface area (TPSA) is 88.0 Å². The number of benzene rings is 1. The van der Waals surface area contributed by atoms with Crippen molar-refractivity contribution in [3.8, 4) is 0 Å². The summed E-state index contributed by atoms with van der Waals surface area (Å²) in [6.07, 6.45) is 1.20. The fourth-order valence-electron chi connectivity index (χ4n) is 3.92. The van der Waals surface area contributed by atoms with Crippen molar-refractivity contribution in [1.82, 2.24) is 5.32 Å². The van der Waals surface area contributed by atoms with Crippen LogP contribution in [-0.4, -0.2) is 39.4 Å². The van der Waals surface area contributed by atoms with Crippen LogP contribution in [0, 0.1) is 11.3 Å². The predicted molar refractivity (Wildman–Crippen MR) is 127 cm³/mol. The quantitative estimate of drug-likeness (QED) is 0.544. The van der Waals surface area contributed by atoms with Crippen molar-refractivity contribution in [3.63, 3.8) is 0 Å². The van der Waals surface area contributed by atoms with Crippen LogP contribution in [0.15, 0.2) is 52.7 Å². The van der Waals surface area contributed by atoms with E-state index in [0.29, 0.717) is 17.2 Å². The molecule has 0 saturated heterocycles. The van der Waals surface area contributed by atoms with E-state index in [1.807, 2.05) is 6.08 Å². The molecule has 1 saturated carbocycles. The Morgan fingerprint density at radius 2 is 1.86 bits per heavy atom. The summed E-state index contributed by atoms with van der Waals surface area (Å²) < 4.78 is 44.7. The number of aliphatic carboxylic acids is 1. The van der Waals surface area contributed by atoms with E-state index in [-0.39, 0.29) is 17.4 Å². The number of amides is 1. The molecule has 3 unspecified atom stereocenters. The molecule has 1 amide bonds. The van der Waals surface area contributed by atoms with Gasteiger partial charge in [-0.1, -0.05) is 39.0 Å². The standard InChI is InChI=1S/C25H27F3N2O4S/c1-24(2,3)20(23(32)33)30-21(31)16-10-11-17-18(29-22(35-17)14-6-7-14)19(16)34-12-13-4-8-15(9-5-13)25(26,27)28/h4-5,8-11,14,17-18,20H,6-7,12H2,1-3H3,(H,30,31)(H,32,33). The van der Waals surface area contributed by atoms with Gasteiger partial charge in [-0.25, -0.2) is 4.79 Å². The van der Waals surface area contributed by atoms with E-state index in [1.54, 1.807) is 38.6 Å². The zero-order valence-corrected chi connectivity index (χ0v) is 20.4. The maximum atomic E-state index is 13.2. The van der Waals surface area contributed by atoms with Crippen molar-refractivity contribution in [3.05, 3.63) is 58.9 Å². The summed E-state index contributed by atoms with van der Waals surface area (Å²) in [6.45, 7) is 5.10. The molecule has 35 heavy (non-hydrogen) atoms. The molecular formula is C25H27F3N2O4S. The molecule has 3 atom stereocenters. The van der Waals surface area contributed by atoms with Crippen LogP contribution in [-0.2, 0) is 27.1 Å². The number of carbonyl (C=O) groups excluding carboxylic acids is 1. The Hall–Kier alpha value is -2.75. The van der Waals surface area contributed by atoms with E-state index < -0.39 is 41.1 Å². The van der Waals surface area contributed by atoms with Gasteiger partial charge >= 0.3 is 12.1 Å². The number of alkyl halides is 3. The van der Waals surface area contributed by atoms with E-state index >= 15 is 0 Å². The summed E-state index contributed by atoms with van der Waals surface area (Å²) in [5.74, 6) is -1.02. The maximum Gasteiger partial charge on any atom is 0.416 e. The van der Waals surface area contributed by atoms with Gasteiger partial charge in [0.15, 0.2) is 0 Å². The molecule has 1 heterocycles. The van der Waals surface area contributed by atoms with Crippen molar-refractivity contribution >= 4 is 28.7 Å². The number of aliphatic imine (C=N–C) groups is 1. The Labute approximate surface area is 205 Å². The first-order valence-corrected chi connectivity index (χ1v) is 12.2. The molecule has 3 aliphatic rings. The van der Waals surface area contributed by atoms with Gasteiger partial charge in [-0.15, -0.1) is 11.8 Å². The smallest absolute Gasteiger partial charge is 0.416 e. The largest absolute Gasteiger partial charge is 0.490 e. The number of thioether (sulfide) groups is 1. The molecule has 6 nitrogen and oxygen atoms in total. The Bertz CT molecular complexity index is 1100. The molecule has 1 aromatic carbocycles. The monoisotopic (exact) mass is 508 g/mol. The molecule has 0 bridgehead atoms. The summed E-state index contributed by atoms with van der Waals surface area (Å²) >= 11 is 1.63. The number of nitrogens with one attached hydrogen (secondary N) is 1. The van der Waals surface area contributed by atoms with Crippen LogP contribution in [0.5, 0.6) is 0 Å². The summed E-state index contributed by atoms with van der Waals surface area (Å²) in [5.41, 5.74) is -0.805. The highest BCUT2D eigenvalue weighted by atomic mass is 32.2. The minimum absolute atomic E-state index is 0.0531. The van der Waals surface area contributed by atoms with Gasteiger partial charge in [0.05, 0.1) is 21.4 Å². The van der Waals surface area contributed by atoms with E-state index in [1.165, 1.54) is 12.1 Å². The normalized spacial score (nSPS) is 23.0. The second kappa shape index (κ2) is 9.37. The van der Waals surface area contributed by atoms with Crippen LogP contribution < -0.4 is 5.32 Å². The number of ether oxygens (including phenoxy) is 1. The summed E-state index contributed by atoms with van der Waals surface area (Å²) in [7, 11) is 0. The molecule has 188 valence electrons. The highest BCUT2D eigenvalue weighted by Crippen LogP contribution is 2.45. The lowest BCUT2D eigenvalue weighted by atomic mass is 9.86. The zero-order valence-electron chi connectivity index (χ0n) is 19.6. The molecule has 0 spiro atoms. The second-order valence-corrected chi connectivity index (χ2v) is 11.2. The number of carboxylic acid groups (broad SMARTS) is 1. The lowest BCUT2D eigenvalue weighted by molar-refractivity contribution is -0.144. The average molecular weight is 509 g/mol. The molecule has 1 aliphatic heterocycles. The number of rotatable bonds is 7. The number of fused-ring (bicyclic) bond motifs is 1. The maximum absolute atomic E-state index is 13.2. The van der Waals surface area contributed by atoms with Crippen LogP contribution in [0.1, 0.15) is 44.7 Å². The molecule has 4 rings (SSSR count). The minimum Gasteiger partial charge on any atom is -0.490 e. The van der Waals surface area contributed by atoms with Crippen molar-refractivity contribution in [2.24, 2.45) is 16.3 Å². The SMILES string of the molecule is CC(C)(C)C(NC(=O)C1=C(OCc2ccc(C(F)(F)F)cc2)C2N=C(C3CC3)SC2C=C1)C(=O)O. The molecule has 0 aromatic heterocycles. The van der Waals surface area contributed by atoms with Crippen molar-refractivity contribution in [1.29, 1.82) is 0 Å². The number of carbonyl (C=O) groups is 2. The van der Waals surface area contributed by atoms with Gasteiger partial charge < -0.3 is 15.2 Å². The lowest BCUT2D eigenvalue weighted by Gasteiger charge is -2.29. The second-order valence-electron chi connectivity index (χ2n) is 10.0.